The van der Waals surface area contributed by atoms with E-state index in [1.165, 1.54) is 96.3 Å². The van der Waals surface area contributed by atoms with E-state index in [1.807, 2.05) is 27.2 Å². The van der Waals surface area contributed by atoms with Crippen LogP contribution in [0.2, 0.25) is 0 Å². The number of hydrogen-bond acceptors (Lipinski definition) is 5. The summed E-state index contributed by atoms with van der Waals surface area (Å²) in [6.45, 7) is 4.77. The third-order valence-electron chi connectivity index (χ3n) is 8.01. The first kappa shape index (κ1) is 43.2. The number of aliphatic hydroxyl groups is 1. The molecule has 3 atom stereocenters. The SMILES string of the molecule is CCCCCCCCCCCC/C=C/C(O)C(COP(=O)(O)OCC[N+](C)(C)C)NC(=O)CCCCCCCCCCCC. The average molecular weight is 648 g/mol. The number of nitrogens with one attached hydrogen (secondary N) is 1. The Hall–Kier alpha value is -0.760. The zero-order chi connectivity index (χ0) is 32.9. The number of quaternary nitrogens is 1. The zero-order valence-corrected chi connectivity index (χ0v) is 30.3. The molecular weight excluding hydrogens is 575 g/mol. The zero-order valence-electron chi connectivity index (χ0n) is 29.4. The van der Waals surface area contributed by atoms with E-state index < -0.39 is 20.0 Å². The van der Waals surface area contributed by atoms with Gasteiger partial charge in [-0.15, -0.1) is 0 Å². The van der Waals surface area contributed by atoms with Crippen LogP contribution in [0.15, 0.2) is 12.2 Å². The van der Waals surface area contributed by atoms with Crippen molar-refractivity contribution in [2.24, 2.45) is 0 Å². The maximum Gasteiger partial charge on any atom is 0.472 e. The van der Waals surface area contributed by atoms with Crippen LogP contribution in [0.25, 0.3) is 0 Å². The number of carbonyl (C=O) groups is 1. The molecule has 3 unspecified atom stereocenters. The average Bonchev–Trinajstić information content (AvgIpc) is 2.95. The van der Waals surface area contributed by atoms with Crippen molar-refractivity contribution < 1.29 is 32.9 Å². The number of aliphatic hydroxyl groups excluding tert-OH is 1. The van der Waals surface area contributed by atoms with E-state index in [9.17, 15) is 19.4 Å². The summed E-state index contributed by atoms with van der Waals surface area (Å²) in [5, 5.41) is 13.7. The minimum atomic E-state index is -4.32. The fraction of sp³-hybridized carbons (Fsp3) is 0.914. The highest BCUT2D eigenvalue weighted by molar-refractivity contribution is 7.47. The first-order valence-electron chi connectivity index (χ1n) is 18.1. The van der Waals surface area contributed by atoms with Crippen LogP contribution in [-0.2, 0) is 18.4 Å². The maximum atomic E-state index is 12.7. The lowest BCUT2D eigenvalue weighted by atomic mass is 10.0. The van der Waals surface area contributed by atoms with Gasteiger partial charge in [0.25, 0.3) is 0 Å². The van der Waals surface area contributed by atoms with Crippen molar-refractivity contribution in [3.05, 3.63) is 12.2 Å². The molecule has 0 aliphatic carbocycles. The van der Waals surface area contributed by atoms with Gasteiger partial charge >= 0.3 is 7.82 Å². The Bertz CT molecular complexity index is 743. The minimum absolute atomic E-state index is 0.0638. The van der Waals surface area contributed by atoms with E-state index in [4.69, 9.17) is 9.05 Å². The molecule has 0 aromatic heterocycles. The minimum Gasteiger partial charge on any atom is -0.387 e. The van der Waals surface area contributed by atoms with Crippen LogP contribution >= 0.6 is 7.82 Å². The Morgan fingerprint density at radius 1 is 0.750 bits per heavy atom. The molecule has 8 nitrogen and oxygen atoms in total. The number of phosphoric ester groups is 1. The highest BCUT2D eigenvalue weighted by atomic mass is 31.2. The topological polar surface area (TPSA) is 105 Å². The molecule has 9 heteroatoms. The molecule has 0 saturated carbocycles. The van der Waals surface area contributed by atoms with E-state index in [0.717, 1.165) is 38.5 Å². The normalized spacial score (nSPS) is 15.0. The lowest BCUT2D eigenvalue weighted by Crippen LogP contribution is -2.45. The fourth-order valence-electron chi connectivity index (χ4n) is 5.04. The van der Waals surface area contributed by atoms with Crippen LogP contribution in [-0.4, -0.2) is 73.4 Å². The Balaban J connectivity index is 4.59. The number of amides is 1. The summed E-state index contributed by atoms with van der Waals surface area (Å²) in [7, 11) is 1.57. The fourth-order valence-corrected chi connectivity index (χ4v) is 5.77. The van der Waals surface area contributed by atoms with Crippen molar-refractivity contribution in [3.8, 4) is 0 Å². The molecule has 0 fully saturated rings. The van der Waals surface area contributed by atoms with Crippen LogP contribution in [0.4, 0.5) is 0 Å². The van der Waals surface area contributed by atoms with Crippen molar-refractivity contribution in [3.63, 3.8) is 0 Å². The van der Waals surface area contributed by atoms with Gasteiger partial charge in [-0.1, -0.05) is 142 Å². The Morgan fingerprint density at radius 3 is 1.68 bits per heavy atom. The van der Waals surface area contributed by atoms with Crippen LogP contribution in [0, 0.1) is 0 Å². The van der Waals surface area contributed by atoms with E-state index >= 15 is 0 Å². The van der Waals surface area contributed by atoms with Gasteiger partial charge in [-0.2, -0.15) is 0 Å². The largest absolute Gasteiger partial charge is 0.472 e. The molecule has 3 N–H and O–H groups in total. The molecule has 0 aliphatic heterocycles. The molecule has 0 heterocycles. The predicted octanol–water partition coefficient (Wildman–Crippen LogP) is 8.85. The van der Waals surface area contributed by atoms with Gasteiger partial charge in [-0.05, 0) is 19.3 Å². The number of unbranched alkanes of at least 4 members (excludes halogenated alkanes) is 19. The summed E-state index contributed by atoms with van der Waals surface area (Å²) in [4.78, 5) is 22.9. The molecule has 0 aromatic carbocycles. The molecule has 44 heavy (non-hydrogen) atoms. The second-order valence-electron chi connectivity index (χ2n) is 13.6. The van der Waals surface area contributed by atoms with Crippen molar-refractivity contribution in [2.45, 2.75) is 167 Å². The van der Waals surface area contributed by atoms with E-state index in [2.05, 4.69) is 19.2 Å². The first-order valence-corrected chi connectivity index (χ1v) is 19.6. The molecule has 262 valence electrons. The Kier molecular flexibility index (Phi) is 28.0. The number of nitrogens with zero attached hydrogens (tertiary/aromatic N) is 1. The van der Waals surface area contributed by atoms with Crippen LogP contribution in [0.1, 0.15) is 155 Å². The van der Waals surface area contributed by atoms with Gasteiger partial charge < -0.3 is 19.8 Å². The summed E-state index contributed by atoms with van der Waals surface area (Å²) in [5.74, 6) is -0.181. The summed E-state index contributed by atoms with van der Waals surface area (Å²) >= 11 is 0. The molecule has 0 aliphatic rings. The Labute approximate surface area is 272 Å². The highest BCUT2D eigenvalue weighted by Gasteiger charge is 2.27. The first-order chi connectivity index (χ1) is 21.0. The molecule has 0 spiro atoms. The third kappa shape index (κ3) is 29.9. The molecule has 0 aromatic rings. The van der Waals surface area contributed by atoms with Crippen molar-refractivity contribution in [1.82, 2.24) is 5.32 Å². The molecule has 0 bridgehead atoms. The van der Waals surface area contributed by atoms with Gasteiger partial charge in [0.2, 0.25) is 5.91 Å². The van der Waals surface area contributed by atoms with Gasteiger partial charge in [-0.3, -0.25) is 13.8 Å². The highest BCUT2D eigenvalue weighted by Crippen LogP contribution is 2.43. The van der Waals surface area contributed by atoms with Crippen molar-refractivity contribution >= 4 is 13.7 Å². The number of phosphoric acid groups is 1. The second kappa shape index (κ2) is 28.5. The molecule has 0 saturated heterocycles. The van der Waals surface area contributed by atoms with Gasteiger partial charge in [-0.25, -0.2) is 4.57 Å². The number of carbonyl (C=O) groups excluding carboxylic acids is 1. The maximum absolute atomic E-state index is 12.7. The molecule has 1 amide bonds. The summed E-state index contributed by atoms with van der Waals surface area (Å²) < 4.78 is 23.4. The van der Waals surface area contributed by atoms with Gasteiger partial charge in [0.1, 0.15) is 13.2 Å². The molecule has 0 radical (unpaired) electrons. The number of hydrogen-bond donors (Lipinski definition) is 3. The van der Waals surface area contributed by atoms with Crippen LogP contribution in [0.5, 0.6) is 0 Å². The van der Waals surface area contributed by atoms with Gasteiger partial charge in [0.15, 0.2) is 0 Å². The molecular formula is C35H72N2O6P+. The lowest BCUT2D eigenvalue weighted by molar-refractivity contribution is -0.870. The number of likely N-dealkylation sites (N-methyl/N-ethyl adjacent to an activating group) is 1. The standard InChI is InChI=1S/C35H71N2O6P/c1-6-8-10-12-14-16-18-19-20-22-24-26-28-34(38)33(32-43-44(40,41)42-31-30-37(3,4)5)36-35(39)29-27-25-23-21-17-15-13-11-9-7-2/h26,28,33-34,38H,6-25,27,29-32H2,1-5H3,(H-,36,39,40,41)/p+1/b28-26+. The van der Waals surface area contributed by atoms with E-state index in [1.54, 1.807) is 6.08 Å². The monoisotopic (exact) mass is 648 g/mol. The summed E-state index contributed by atoms with van der Waals surface area (Å²) in [6, 6.07) is -0.836. The van der Waals surface area contributed by atoms with Crippen molar-refractivity contribution in [2.75, 3.05) is 40.9 Å². The Morgan fingerprint density at radius 2 is 1.20 bits per heavy atom. The van der Waals surface area contributed by atoms with Crippen LogP contribution in [0.3, 0.4) is 0 Å². The van der Waals surface area contributed by atoms with Crippen molar-refractivity contribution in [1.29, 1.82) is 0 Å². The predicted molar refractivity (Wildman–Crippen MR) is 185 cm³/mol. The summed E-state index contributed by atoms with van der Waals surface area (Å²) in [6.07, 6.45) is 28.4. The van der Waals surface area contributed by atoms with E-state index in [0.29, 0.717) is 17.4 Å². The lowest BCUT2D eigenvalue weighted by Gasteiger charge is -2.25. The number of rotatable bonds is 32. The van der Waals surface area contributed by atoms with Gasteiger partial charge in [0.05, 0.1) is 39.9 Å². The summed E-state index contributed by atoms with van der Waals surface area (Å²) in [5.41, 5.74) is 0. The van der Waals surface area contributed by atoms with Crippen LogP contribution < -0.4 is 5.32 Å². The van der Waals surface area contributed by atoms with Gasteiger partial charge in [0, 0.05) is 6.42 Å². The number of allylic oxidation sites excluding steroid dienone is 1. The third-order valence-corrected chi connectivity index (χ3v) is 8.99. The quantitative estimate of drug-likeness (QED) is 0.0292. The molecule has 0 rings (SSSR count). The van der Waals surface area contributed by atoms with E-state index in [-0.39, 0.29) is 19.1 Å². The second-order valence-corrected chi connectivity index (χ2v) is 15.1. The smallest absolute Gasteiger partial charge is 0.387 e.